The van der Waals surface area contributed by atoms with Crippen molar-refractivity contribution in [3.8, 4) is 5.75 Å². The van der Waals surface area contributed by atoms with Crippen LogP contribution < -0.4 is 10.1 Å². The molecule has 0 aliphatic carbocycles. The van der Waals surface area contributed by atoms with E-state index in [-0.39, 0.29) is 11.7 Å². The number of fused-ring (bicyclic) bond motifs is 1. The predicted octanol–water partition coefficient (Wildman–Crippen LogP) is 5.31. The fourth-order valence-corrected chi connectivity index (χ4v) is 3.33. The zero-order chi connectivity index (χ0) is 20.4. The Morgan fingerprint density at radius 1 is 0.931 bits per heavy atom. The maximum absolute atomic E-state index is 13.1. The Morgan fingerprint density at radius 2 is 1.69 bits per heavy atom. The average molecular weight is 405 g/mol. The lowest BCUT2D eigenvalue weighted by Crippen LogP contribution is -2.15. The van der Waals surface area contributed by atoms with Gasteiger partial charge in [0, 0.05) is 27.1 Å². The molecule has 3 aromatic carbocycles. The Labute approximate surface area is 172 Å². The highest BCUT2D eigenvalue weighted by Gasteiger charge is 2.21. The second-order valence-electron chi connectivity index (χ2n) is 6.45. The number of amides is 1. The second-order valence-corrected chi connectivity index (χ2v) is 6.88. The number of ketones is 1. The first-order chi connectivity index (χ1) is 14.1. The lowest BCUT2D eigenvalue weighted by molar-refractivity contribution is 0.102. The molecule has 0 atom stereocenters. The Kier molecular flexibility index (Phi) is 5.06. The van der Waals surface area contributed by atoms with E-state index in [9.17, 15) is 9.59 Å². The van der Waals surface area contributed by atoms with Gasteiger partial charge in [-0.15, -0.1) is 0 Å². The fraction of sp³-hybridized carbons (Fsp3) is 0.0435. The molecule has 1 heterocycles. The summed E-state index contributed by atoms with van der Waals surface area (Å²) in [5.74, 6) is 0.00432. The number of anilines is 1. The van der Waals surface area contributed by atoms with Crippen LogP contribution in [0.25, 0.3) is 10.9 Å². The highest BCUT2D eigenvalue weighted by atomic mass is 35.5. The zero-order valence-electron chi connectivity index (χ0n) is 15.5. The van der Waals surface area contributed by atoms with Crippen molar-refractivity contribution in [2.75, 3.05) is 12.4 Å². The first-order valence-corrected chi connectivity index (χ1v) is 9.31. The van der Waals surface area contributed by atoms with Gasteiger partial charge in [0.25, 0.3) is 5.91 Å². The normalized spacial score (nSPS) is 10.7. The molecule has 4 rings (SSSR count). The number of nitrogens with one attached hydrogen (secondary N) is 2. The summed E-state index contributed by atoms with van der Waals surface area (Å²) < 4.78 is 5.19. The van der Waals surface area contributed by atoms with E-state index in [1.54, 1.807) is 66.7 Å². The zero-order valence-corrected chi connectivity index (χ0v) is 16.3. The molecule has 0 aliphatic heterocycles. The summed E-state index contributed by atoms with van der Waals surface area (Å²) in [6, 6.07) is 20.9. The molecule has 4 aromatic rings. The van der Waals surface area contributed by atoms with Gasteiger partial charge in [0.1, 0.15) is 11.4 Å². The van der Waals surface area contributed by atoms with Crippen LogP contribution in [0, 0.1) is 0 Å². The smallest absolute Gasteiger partial charge is 0.255 e. The molecule has 0 radical (unpaired) electrons. The number of carbonyl (C=O) groups is 2. The van der Waals surface area contributed by atoms with Crippen molar-refractivity contribution < 1.29 is 14.3 Å². The van der Waals surface area contributed by atoms with Crippen molar-refractivity contribution >= 4 is 39.9 Å². The molecule has 1 aromatic heterocycles. The van der Waals surface area contributed by atoms with E-state index >= 15 is 0 Å². The summed E-state index contributed by atoms with van der Waals surface area (Å²) in [7, 11) is 1.54. The number of carbonyl (C=O) groups excluding carboxylic acids is 2. The molecule has 0 saturated heterocycles. The SMILES string of the molecule is COc1cccc(C(=O)Nc2c(C(=O)c3ccccc3)[nH]c3cc(Cl)ccc23)c1. The van der Waals surface area contributed by atoms with E-state index in [0.29, 0.717) is 44.2 Å². The van der Waals surface area contributed by atoms with Crippen LogP contribution in [-0.4, -0.2) is 23.8 Å². The minimum atomic E-state index is -0.345. The van der Waals surface area contributed by atoms with Gasteiger partial charge in [0.15, 0.2) is 0 Å². The molecule has 0 unspecified atom stereocenters. The molecule has 0 saturated carbocycles. The van der Waals surface area contributed by atoms with Gasteiger partial charge in [0.2, 0.25) is 5.78 Å². The molecule has 2 N–H and O–H groups in total. The molecule has 0 aliphatic rings. The summed E-state index contributed by atoms with van der Waals surface area (Å²) in [6.07, 6.45) is 0. The third-order valence-electron chi connectivity index (χ3n) is 4.59. The van der Waals surface area contributed by atoms with Crippen LogP contribution >= 0.6 is 11.6 Å². The number of aromatic nitrogens is 1. The number of H-pyrrole nitrogens is 1. The van der Waals surface area contributed by atoms with Gasteiger partial charge in [-0.2, -0.15) is 0 Å². The Hall–Kier alpha value is -3.57. The third-order valence-corrected chi connectivity index (χ3v) is 4.83. The molecule has 6 heteroatoms. The maximum Gasteiger partial charge on any atom is 0.255 e. The van der Waals surface area contributed by atoms with Crippen molar-refractivity contribution in [3.05, 3.63) is 94.6 Å². The fourth-order valence-electron chi connectivity index (χ4n) is 3.15. The van der Waals surface area contributed by atoms with Crippen molar-refractivity contribution in [2.45, 2.75) is 0 Å². The van der Waals surface area contributed by atoms with Gasteiger partial charge in [-0.1, -0.05) is 48.0 Å². The van der Waals surface area contributed by atoms with Gasteiger partial charge in [-0.25, -0.2) is 0 Å². The van der Waals surface area contributed by atoms with Gasteiger partial charge < -0.3 is 15.0 Å². The van der Waals surface area contributed by atoms with E-state index < -0.39 is 0 Å². The number of rotatable bonds is 5. The summed E-state index contributed by atoms with van der Waals surface area (Å²) in [6.45, 7) is 0. The van der Waals surface area contributed by atoms with E-state index in [4.69, 9.17) is 16.3 Å². The van der Waals surface area contributed by atoms with Crippen LogP contribution in [0.5, 0.6) is 5.75 Å². The maximum atomic E-state index is 13.1. The molecule has 5 nitrogen and oxygen atoms in total. The van der Waals surface area contributed by atoms with Crippen LogP contribution in [-0.2, 0) is 0 Å². The molecule has 144 valence electrons. The Morgan fingerprint density at radius 3 is 2.45 bits per heavy atom. The molecule has 0 bridgehead atoms. The number of hydrogen-bond donors (Lipinski definition) is 2. The number of halogens is 1. The Bertz CT molecular complexity index is 1220. The average Bonchev–Trinajstić information content (AvgIpc) is 3.11. The molecule has 29 heavy (non-hydrogen) atoms. The summed E-state index contributed by atoms with van der Waals surface area (Å²) >= 11 is 6.11. The van der Waals surface area contributed by atoms with E-state index in [1.807, 2.05) is 6.07 Å². The second kappa shape index (κ2) is 7.81. The van der Waals surface area contributed by atoms with Crippen molar-refractivity contribution in [3.63, 3.8) is 0 Å². The third kappa shape index (κ3) is 3.73. The number of benzene rings is 3. The quantitative estimate of drug-likeness (QED) is 0.442. The van der Waals surface area contributed by atoms with Gasteiger partial charge >= 0.3 is 0 Å². The van der Waals surface area contributed by atoms with Gasteiger partial charge in [-0.3, -0.25) is 9.59 Å². The van der Waals surface area contributed by atoms with Gasteiger partial charge in [0.05, 0.1) is 12.8 Å². The first-order valence-electron chi connectivity index (χ1n) is 8.93. The standard InChI is InChI=1S/C23H17ClN2O3/c1-29-17-9-5-8-15(12-17)23(28)26-20-18-11-10-16(24)13-19(18)25-21(20)22(27)14-6-3-2-4-7-14/h2-13,25H,1H3,(H,26,28). The molecular formula is C23H17ClN2O3. The van der Waals surface area contributed by atoms with E-state index in [0.717, 1.165) is 0 Å². The van der Waals surface area contributed by atoms with Crippen molar-refractivity contribution in [1.29, 1.82) is 0 Å². The number of ether oxygens (including phenoxy) is 1. The molecule has 0 fully saturated rings. The summed E-state index contributed by atoms with van der Waals surface area (Å²) in [4.78, 5) is 29.1. The largest absolute Gasteiger partial charge is 0.497 e. The van der Waals surface area contributed by atoms with E-state index in [2.05, 4.69) is 10.3 Å². The van der Waals surface area contributed by atoms with Crippen LogP contribution in [0.4, 0.5) is 5.69 Å². The first kappa shape index (κ1) is 18.8. The number of methoxy groups -OCH3 is 1. The monoisotopic (exact) mass is 404 g/mol. The van der Waals surface area contributed by atoms with Crippen molar-refractivity contribution in [1.82, 2.24) is 4.98 Å². The minimum absolute atomic E-state index is 0.223. The minimum Gasteiger partial charge on any atom is -0.497 e. The molecular weight excluding hydrogens is 388 g/mol. The lowest BCUT2D eigenvalue weighted by atomic mass is 10.1. The lowest BCUT2D eigenvalue weighted by Gasteiger charge is -2.08. The summed E-state index contributed by atoms with van der Waals surface area (Å²) in [5.41, 5.74) is 2.31. The summed E-state index contributed by atoms with van der Waals surface area (Å²) in [5, 5.41) is 4.11. The highest BCUT2D eigenvalue weighted by Crippen LogP contribution is 2.32. The van der Waals surface area contributed by atoms with Crippen LogP contribution in [0.1, 0.15) is 26.4 Å². The van der Waals surface area contributed by atoms with Crippen LogP contribution in [0.2, 0.25) is 5.02 Å². The number of hydrogen-bond acceptors (Lipinski definition) is 3. The van der Waals surface area contributed by atoms with E-state index in [1.165, 1.54) is 7.11 Å². The van der Waals surface area contributed by atoms with Crippen molar-refractivity contribution in [2.24, 2.45) is 0 Å². The highest BCUT2D eigenvalue weighted by molar-refractivity contribution is 6.31. The van der Waals surface area contributed by atoms with Crippen LogP contribution in [0.15, 0.2) is 72.8 Å². The Balaban J connectivity index is 1.79. The topological polar surface area (TPSA) is 71.2 Å². The van der Waals surface area contributed by atoms with Crippen LogP contribution in [0.3, 0.4) is 0 Å². The number of aromatic amines is 1. The van der Waals surface area contributed by atoms with Gasteiger partial charge in [-0.05, 0) is 36.4 Å². The molecule has 1 amide bonds. The predicted molar refractivity (Wildman–Crippen MR) is 114 cm³/mol. The molecule has 0 spiro atoms.